The summed E-state index contributed by atoms with van der Waals surface area (Å²) in [5, 5.41) is 2.33. The van der Waals surface area contributed by atoms with Crippen LogP contribution < -0.4 is 9.47 Å². The first-order chi connectivity index (χ1) is 10.7. The van der Waals surface area contributed by atoms with Crippen LogP contribution in [-0.2, 0) is 6.42 Å². The number of aromatic nitrogens is 1. The van der Waals surface area contributed by atoms with Crippen molar-refractivity contribution in [2.75, 3.05) is 14.2 Å². The number of rotatable bonds is 4. The Labute approximate surface area is 138 Å². The molecular weight excluding hydrogens is 342 g/mol. The highest BCUT2D eigenvalue weighted by Gasteiger charge is 2.09. The summed E-state index contributed by atoms with van der Waals surface area (Å²) in [5.41, 5.74) is 2.17. The van der Waals surface area contributed by atoms with E-state index in [1.165, 1.54) is 5.39 Å². The second-order valence-electron chi connectivity index (χ2n) is 4.96. The van der Waals surface area contributed by atoms with Gasteiger partial charge in [0, 0.05) is 22.5 Å². The number of methoxy groups -OCH3 is 2. The molecule has 0 fully saturated rings. The fourth-order valence-corrected chi connectivity index (χ4v) is 3.18. The highest BCUT2D eigenvalue weighted by molar-refractivity contribution is 9.10. The average Bonchev–Trinajstić information content (AvgIpc) is 2.55. The van der Waals surface area contributed by atoms with Crippen molar-refractivity contribution in [2.45, 2.75) is 6.42 Å². The lowest BCUT2D eigenvalue weighted by Gasteiger charge is -2.11. The fourth-order valence-electron chi connectivity index (χ4n) is 2.57. The molecule has 0 aliphatic carbocycles. The lowest BCUT2D eigenvalue weighted by atomic mass is 10.0. The van der Waals surface area contributed by atoms with Gasteiger partial charge in [-0.15, -0.1) is 0 Å². The zero-order chi connectivity index (χ0) is 15.5. The van der Waals surface area contributed by atoms with E-state index in [-0.39, 0.29) is 0 Å². The van der Waals surface area contributed by atoms with Crippen LogP contribution in [0.2, 0.25) is 0 Å². The van der Waals surface area contributed by atoms with E-state index in [0.717, 1.165) is 39.0 Å². The maximum Gasteiger partial charge on any atom is 0.160 e. The van der Waals surface area contributed by atoms with E-state index in [1.54, 1.807) is 14.2 Å². The van der Waals surface area contributed by atoms with E-state index in [1.807, 2.05) is 42.6 Å². The van der Waals surface area contributed by atoms with Crippen molar-refractivity contribution in [3.05, 3.63) is 64.4 Å². The summed E-state index contributed by atoms with van der Waals surface area (Å²) in [7, 11) is 3.29. The molecule has 112 valence electrons. The number of benzene rings is 2. The second kappa shape index (κ2) is 6.36. The number of hydrogen-bond donors (Lipinski definition) is 0. The molecule has 0 unspecified atom stereocenters. The van der Waals surface area contributed by atoms with Crippen molar-refractivity contribution in [1.29, 1.82) is 0 Å². The third-order valence-corrected chi connectivity index (χ3v) is 4.30. The number of nitrogens with zero attached hydrogens (tertiary/aromatic N) is 1. The highest BCUT2D eigenvalue weighted by atomic mass is 79.9. The van der Waals surface area contributed by atoms with Crippen LogP contribution in [0.15, 0.2) is 53.1 Å². The Morgan fingerprint density at radius 3 is 2.59 bits per heavy atom. The minimum atomic E-state index is 0.735. The zero-order valence-corrected chi connectivity index (χ0v) is 14.1. The molecule has 0 N–H and O–H groups in total. The SMILES string of the molecule is COc1ccc(Cc2nccc3cccc(Br)c23)cc1OC. The van der Waals surface area contributed by atoms with Crippen LogP contribution in [0.1, 0.15) is 11.3 Å². The average molecular weight is 358 g/mol. The van der Waals surface area contributed by atoms with Gasteiger partial charge in [-0.3, -0.25) is 4.98 Å². The van der Waals surface area contributed by atoms with Crippen LogP contribution in [-0.4, -0.2) is 19.2 Å². The Bertz CT molecular complexity index is 812. The topological polar surface area (TPSA) is 31.4 Å². The van der Waals surface area contributed by atoms with Crippen LogP contribution in [0.3, 0.4) is 0 Å². The molecule has 0 amide bonds. The molecule has 22 heavy (non-hydrogen) atoms. The Morgan fingerprint density at radius 1 is 1.00 bits per heavy atom. The molecule has 0 spiro atoms. The predicted molar refractivity (Wildman–Crippen MR) is 91.8 cm³/mol. The molecule has 3 aromatic rings. The largest absolute Gasteiger partial charge is 0.493 e. The zero-order valence-electron chi connectivity index (χ0n) is 12.5. The van der Waals surface area contributed by atoms with Crippen molar-refractivity contribution in [1.82, 2.24) is 4.98 Å². The van der Waals surface area contributed by atoms with Gasteiger partial charge in [-0.25, -0.2) is 0 Å². The van der Waals surface area contributed by atoms with E-state index >= 15 is 0 Å². The van der Waals surface area contributed by atoms with Crippen LogP contribution in [0.5, 0.6) is 11.5 Å². The molecule has 0 saturated carbocycles. The molecule has 0 aliphatic heterocycles. The lowest BCUT2D eigenvalue weighted by Crippen LogP contribution is -1.96. The summed E-state index contributed by atoms with van der Waals surface area (Å²) >= 11 is 3.63. The summed E-state index contributed by atoms with van der Waals surface area (Å²) in [6.45, 7) is 0. The molecule has 0 saturated heterocycles. The van der Waals surface area contributed by atoms with E-state index < -0.39 is 0 Å². The first kappa shape index (κ1) is 14.9. The number of hydrogen-bond acceptors (Lipinski definition) is 3. The first-order valence-electron chi connectivity index (χ1n) is 6.96. The molecule has 0 aliphatic rings. The lowest BCUT2D eigenvalue weighted by molar-refractivity contribution is 0.354. The number of ether oxygens (including phenoxy) is 2. The third-order valence-electron chi connectivity index (χ3n) is 3.64. The van der Waals surface area contributed by atoms with Gasteiger partial charge >= 0.3 is 0 Å². The molecular formula is C18H16BrNO2. The highest BCUT2D eigenvalue weighted by Crippen LogP contribution is 2.31. The van der Waals surface area contributed by atoms with Crippen LogP contribution in [0.4, 0.5) is 0 Å². The fraction of sp³-hybridized carbons (Fsp3) is 0.167. The Kier molecular flexibility index (Phi) is 4.29. The Balaban J connectivity index is 2.04. The quantitative estimate of drug-likeness (QED) is 0.683. The first-order valence-corrected chi connectivity index (χ1v) is 7.75. The van der Waals surface area contributed by atoms with E-state index in [9.17, 15) is 0 Å². The van der Waals surface area contributed by atoms with Crippen LogP contribution >= 0.6 is 15.9 Å². The number of fused-ring (bicyclic) bond motifs is 1. The Morgan fingerprint density at radius 2 is 1.82 bits per heavy atom. The summed E-state index contributed by atoms with van der Waals surface area (Å²) in [5.74, 6) is 1.47. The van der Waals surface area contributed by atoms with Gasteiger partial charge < -0.3 is 9.47 Å². The minimum Gasteiger partial charge on any atom is -0.493 e. The van der Waals surface area contributed by atoms with Crippen molar-refractivity contribution in [3.8, 4) is 11.5 Å². The van der Waals surface area contributed by atoms with Gasteiger partial charge in [-0.2, -0.15) is 0 Å². The van der Waals surface area contributed by atoms with Crippen molar-refractivity contribution in [2.24, 2.45) is 0 Å². The summed E-state index contributed by atoms with van der Waals surface area (Å²) in [4.78, 5) is 4.56. The molecule has 0 bridgehead atoms. The number of pyridine rings is 1. The van der Waals surface area contributed by atoms with Crippen molar-refractivity contribution < 1.29 is 9.47 Å². The van der Waals surface area contributed by atoms with Gasteiger partial charge in [0.15, 0.2) is 11.5 Å². The number of halogens is 1. The maximum atomic E-state index is 5.37. The molecule has 3 nitrogen and oxygen atoms in total. The minimum absolute atomic E-state index is 0.735. The van der Waals surface area contributed by atoms with E-state index in [0.29, 0.717) is 0 Å². The summed E-state index contributed by atoms with van der Waals surface area (Å²) in [6, 6.07) is 14.2. The molecule has 0 radical (unpaired) electrons. The normalized spacial score (nSPS) is 10.7. The smallest absolute Gasteiger partial charge is 0.160 e. The predicted octanol–water partition coefficient (Wildman–Crippen LogP) is 4.61. The van der Waals surface area contributed by atoms with Gasteiger partial charge in [-0.05, 0) is 35.2 Å². The molecule has 4 heteroatoms. The molecule has 1 heterocycles. The standard InChI is InChI=1S/C18H16BrNO2/c1-21-16-7-6-12(11-17(16)22-2)10-15-18-13(8-9-20-15)4-3-5-14(18)19/h3-9,11H,10H2,1-2H3. The molecule has 0 atom stereocenters. The van der Waals surface area contributed by atoms with Gasteiger partial charge in [0.25, 0.3) is 0 Å². The Hall–Kier alpha value is -2.07. The van der Waals surface area contributed by atoms with Crippen LogP contribution in [0.25, 0.3) is 10.8 Å². The van der Waals surface area contributed by atoms with Crippen LogP contribution in [0, 0.1) is 0 Å². The van der Waals surface area contributed by atoms with Crippen molar-refractivity contribution >= 4 is 26.7 Å². The molecule has 1 aromatic heterocycles. The summed E-state index contributed by atoms with van der Waals surface area (Å²) < 4.78 is 11.7. The van der Waals surface area contributed by atoms with Crippen molar-refractivity contribution in [3.63, 3.8) is 0 Å². The maximum absolute atomic E-state index is 5.37. The summed E-state index contributed by atoms with van der Waals surface area (Å²) in [6.07, 6.45) is 2.59. The third kappa shape index (κ3) is 2.79. The molecule has 2 aromatic carbocycles. The van der Waals surface area contributed by atoms with Gasteiger partial charge in [-0.1, -0.05) is 34.1 Å². The van der Waals surface area contributed by atoms with E-state index in [4.69, 9.17) is 9.47 Å². The second-order valence-corrected chi connectivity index (χ2v) is 5.82. The van der Waals surface area contributed by atoms with Gasteiger partial charge in [0.1, 0.15) is 0 Å². The van der Waals surface area contributed by atoms with Gasteiger partial charge in [0.2, 0.25) is 0 Å². The monoisotopic (exact) mass is 357 g/mol. The molecule has 3 rings (SSSR count). The van der Waals surface area contributed by atoms with E-state index in [2.05, 4.69) is 27.0 Å². The van der Waals surface area contributed by atoms with Gasteiger partial charge in [0.05, 0.1) is 19.9 Å².